The highest BCUT2D eigenvalue weighted by atomic mass is 32.2. The van der Waals surface area contributed by atoms with E-state index in [4.69, 9.17) is 9.47 Å². The Bertz CT molecular complexity index is 334. The minimum absolute atomic E-state index is 0.411. The van der Waals surface area contributed by atoms with Gasteiger partial charge in [0.25, 0.3) is 0 Å². The van der Waals surface area contributed by atoms with Gasteiger partial charge in [0, 0.05) is 18.1 Å². The molecule has 0 bridgehead atoms. The summed E-state index contributed by atoms with van der Waals surface area (Å²) in [5, 5.41) is 2.99. The molecule has 0 fully saturated rings. The maximum atomic E-state index is 5.31. The molecular formula is C13H16O2S. The molecule has 0 spiro atoms. The van der Waals surface area contributed by atoms with Crippen LogP contribution in [0.1, 0.15) is 13.8 Å². The van der Waals surface area contributed by atoms with Crippen LogP contribution in [-0.2, 0) is 9.47 Å². The Morgan fingerprint density at radius 1 is 1.12 bits per heavy atom. The van der Waals surface area contributed by atoms with Crippen LogP contribution < -0.4 is 0 Å². The van der Waals surface area contributed by atoms with Crippen molar-refractivity contribution >= 4 is 11.8 Å². The van der Waals surface area contributed by atoms with E-state index >= 15 is 0 Å². The third-order valence-electron chi connectivity index (χ3n) is 1.72. The van der Waals surface area contributed by atoms with Crippen LogP contribution in [0.15, 0.2) is 35.2 Å². The lowest BCUT2D eigenvalue weighted by Gasteiger charge is -2.09. The van der Waals surface area contributed by atoms with Crippen LogP contribution in [0.2, 0.25) is 0 Å². The molecule has 0 saturated carbocycles. The van der Waals surface area contributed by atoms with Crippen molar-refractivity contribution in [1.29, 1.82) is 0 Å². The molecule has 1 aromatic rings. The fourth-order valence-corrected chi connectivity index (χ4v) is 1.63. The molecule has 0 N–H and O–H groups in total. The van der Waals surface area contributed by atoms with E-state index in [1.54, 1.807) is 0 Å². The molecule has 0 saturated heterocycles. The van der Waals surface area contributed by atoms with Crippen molar-refractivity contribution in [3.63, 3.8) is 0 Å². The molecule has 2 nitrogen and oxygen atoms in total. The van der Waals surface area contributed by atoms with Crippen molar-refractivity contribution in [3.05, 3.63) is 30.3 Å². The van der Waals surface area contributed by atoms with Crippen LogP contribution in [0, 0.1) is 11.2 Å². The van der Waals surface area contributed by atoms with Crippen molar-refractivity contribution in [3.8, 4) is 11.2 Å². The van der Waals surface area contributed by atoms with E-state index < -0.39 is 6.29 Å². The Balaban J connectivity index is 2.45. The summed E-state index contributed by atoms with van der Waals surface area (Å²) in [6.07, 6.45) is -0.411. The van der Waals surface area contributed by atoms with Gasteiger partial charge in [-0.25, -0.2) is 0 Å². The Morgan fingerprint density at radius 2 is 1.75 bits per heavy atom. The van der Waals surface area contributed by atoms with Gasteiger partial charge in [-0.05, 0) is 48.9 Å². The second-order valence-corrected chi connectivity index (χ2v) is 3.78. The predicted octanol–water partition coefficient (Wildman–Crippen LogP) is 3.14. The minimum Gasteiger partial charge on any atom is -0.342 e. The fraction of sp³-hybridized carbons (Fsp3) is 0.385. The van der Waals surface area contributed by atoms with Gasteiger partial charge in [0.1, 0.15) is 0 Å². The molecule has 1 aromatic carbocycles. The third kappa shape index (κ3) is 5.22. The molecule has 86 valence electrons. The first-order valence-electron chi connectivity index (χ1n) is 5.32. The molecule has 0 radical (unpaired) electrons. The Kier molecular flexibility index (Phi) is 6.75. The SMILES string of the molecule is CCOC(C#CSc1ccccc1)OCC. The zero-order valence-electron chi connectivity index (χ0n) is 9.60. The number of ether oxygens (including phenoxy) is 2. The zero-order valence-corrected chi connectivity index (χ0v) is 10.4. The number of thioether (sulfide) groups is 1. The Morgan fingerprint density at radius 3 is 2.31 bits per heavy atom. The molecule has 0 aliphatic rings. The van der Waals surface area contributed by atoms with Crippen LogP contribution in [0.3, 0.4) is 0 Å². The third-order valence-corrected chi connectivity index (χ3v) is 2.45. The molecule has 3 heteroatoms. The fourth-order valence-electron chi connectivity index (χ4n) is 1.06. The lowest BCUT2D eigenvalue weighted by molar-refractivity contribution is -0.0969. The average Bonchev–Trinajstić information content (AvgIpc) is 2.31. The highest BCUT2D eigenvalue weighted by Crippen LogP contribution is 2.15. The predicted molar refractivity (Wildman–Crippen MR) is 67.1 cm³/mol. The van der Waals surface area contributed by atoms with Crippen molar-refractivity contribution in [1.82, 2.24) is 0 Å². The lowest BCUT2D eigenvalue weighted by atomic mass is 10.4. The topological polar surface area (TPSA) is 18.5 Å². The van der Waals surface area contributed by atoms with E-state index in [2.05, 4.69) is 11.2 Å². The van der Waals surface area contributed by atoms with Gasteiger partial charge in [0.15, 0.2) is 0 Å². The first-order valence-corrected chi connectivity index (χ1v) is 6.14. The van der Waals surface area contributed by atoms with Crippen LogP contribution in [0.25, 0.3) is 0 Å². The molecule has 16 heavy (non-hydrogen) atoms. The second-order valence-electron chi connectivity index (χ2n) is 2.90. The van der Waals surface area contributed by atoms with Gasteiger partial charge in [-0.1, -0.05) is 18.2 Å². The highest BCUT2D eigenvalue weighted by molar-refractivity contribution is 8.03. The summed E-state index contributed by atoms with van der Waals surface area (Å²) < 4.78 is 10.6. The van der Waals surface area contributed by atoms with Gasteiger partial charge in [-0.3, -0.25) is 0 Å². The maximum Gasteiger partial charge on any atom is 0.223 e. The molecule has 0 heterocycles. The Labute approximate surface area is 101 Å². The monoisotopic (exact) mass is 236 g/mol. The lowest BCUT2D eigenvalue weighted by Crippen LogP contribution is -2.14. The molecule has 0 unspecified atom stereocenters. The number of benzene rings is 1. The number of hydrogen-bond acceptors (Lipinski definition) is 3. The molecule has 0 aliphatic carbocycles. The standard InChI is InChI=1S/C13H16O2S/c1-3-14-13(15-4-2)10-11-16-12-8-6-5-7-9-12/h5-9,13H,3-4H2,1-2H3. The van der Waals surface area contributed by atoms with E-state index in [-0.39, 0.29) is 0 Å². The summed E-state index contributed by atoms with van der Waals surface area (Å²) in [5.74, 6) is 2.94. The van der Waals surface area contributed by atoms with E-state index in [0.717, 1.165) is 4.90 Å². The van der Waals surface area contributed by atoms with Crippen LogP contribution >= 0.6 is 11.8 Å². The largest absolute Gasteiger partial charge is 0.342 e. The van der Waals surface area contributed by atoms with E-state index in [1.807, 2.05) is 44.2 Å². The molecule has 0 amide bonds. The van der Waals surface area contributed by atoms with Crippen LogP contribution in [0.4, 0.5) is 0 Å². The zero-order chi connectivity index (χ0) is 11.6. The normalized spacial score (nSPS) is 9.94. The van der Waals surface area contributed by atoms with E-state index in [9.17, 15) is 0 Å². The van der Waals surface area contributed by atoms with Gasteiger partial charge in [-0.2, -0.15) is 0 Å². The van der Waals surface area contributed by atoms with Crippen LogP contribution in [0.5, 0.6) is 0 Å². The van der Waals surface area contributed by atoms with Gasteiger partial charge in [0.05, 0.1) is 0 Å². The van der Waals surface area contributed by atoms with Gasteiger partial charge >= 0.3 is 0 Å². The van der Waals surface area contributed by atoms with Gasteiger partial charge in [0.2, 0.25) is 6.29 Å². The smallest absolute Gasteiger partial charge is 0.223 e. The molecule has 0 aliphatic heterocycles. The Hall–Kier alpha value is -0.950. The van der Waals surface area contributed by atoms with Crippen molar-refractivity contribution in [2.24, 2.45) is 0 Å². The molecule has 0 aromatic heterocycles. The molecule has 0 atom stereocenters. The first kappa shape index (κ1) is 13.1. The maximum absolute atomic E-state index is 5.31. The number of rotatable bonds is 5. The summed E-state index contributed by atoms with van der Waals surface area (Å²) in [5.41, 5.74) is 0. The van der Waals surface area contributed by atoms with Crippen molar-refractivity contribution in [2.45, 2.75) is 25.0 Å². The second kappa shape index (κ2) is 8.23. The van der Waals surface area contributed by atoms with Gasteiger partial charge in [-0.15, -0.1) is 0 Å². The highest BCUT2D eigenvalue weighted by Gasteiger charge is 2.01. The average molecular weight is 236 g/mol. The summed E-state index contributed by atoms with van der Waals surface area (Å²) in [6, 6.07) is 10.0. The van der Waals surface area contributed by atoms with Crippen LogP contribution in [-0.4, -0.2) is 19.5 Å². The number of hydrogen-bond donors (Lipinski definition) is 0. The summed E-state index contributed by atoms with van der Waals surface area (Å²) >= 11 is 1.48. The van der Waals surface area contributed by atoms with Gasteiger partial charge < -0.3 is 9.47 Å². The first-order chi connectivity index (χ1) is 7.86. The molecule has 1 rings (SSSR count). The summed E-state index contributed by atoms with van der Waals surface area (Å²) in [7, 11) is 0. The van der Waals surface area contributed by atoms with Crippen molar-refractivity contribution in [2.75, 3.05) is 13.2 Å². The quantitative estimate of drug-likeness (QED) is 0.444. The summed E-state index contributed by atoms with van der Waals surface area (Å²) in [4.78, 5) is 1.13. The molecular weight excluding hydrogens is 220 g/mol. The van der Waals surface area contributed by atoms with E-state index in [1.165, 1.54) is 11.8 Å². The van der Waals surface area contributed by atoms with Crippen molar-refractivity contribution < 1.29 is 9.47 Å². The van der Waals surface area contributed by atoms with E-state index in [0.29, 0.717) is 13.2 Å². The summed E-state index contributed by atoms with van der Waals surface area (Å²) in [6.45, 7) is 5.07. The minimum atomic E-state index is -0.411.